The number of rotatable bonds is 4. The number of aryl methyl sites for hydroxylation is 2. The molecule has 0 spiro atoms. The van der Waals surface area contributed by atoms with Crippen molar-refractivity contribution in [1.82, 2.24) is 9.78 Å². The highest BCUT2D eigenvalue weighted by Gasteiger charge is 2.08. The van der Waals surface area contributed by atoms with Crippen molar-refractivity contribution in [2.75, 3.05) is 0 Å². The van der Waals surface area contributed by atoms with Crippen LogP contribution in [0.25, 0.3) is 0 Å². The van der Waals surface area contributed by atoms with E-state index in [9.17, 15) is 5.11 Å². The lowest BCUT2D eigenvalue weighted by Gasteiger charge is -2.11. The van der Waals surface area contributed by atoms with Gasteiger partial charge in [-0.1, -0.05) is 28.1 Å². The van der Waals surface area contributed by atoms with Crippen LogP contribution in [0.3, 0.4) is 0 Å². The lowest BCUT2D eigenvalue weighted by molar-refractivity contribution is 0.167. The molecule has 90 valence electrons. The number of nitrogens with zero attached hydrogens (tertiary/aromatic N) is 2. The molecule has 1 unspecified atom stereocenters. The zero-order chi connectivity index (χ0) is 12.3. The van der Waals surface area contributed by atoms with E-state index in [-0.39, 0.29) is 0 Å². The molecule has 0 saturated heterocycles. The number of aliphatic hydroxyl groups is 1. The van der Waals surface area contributed by atoms with Gasteiger partial charge in [0, 0.05) is 23.4 Å². The zero-order valence-corrected chi connectivity index (χ0v) is 11.3. The second-order valence-corrected chi connectivity index (χ2v) is 4.97. The van der Waals surface area contributed by atoms with Crippen LogP contribution in [0.1, 0.15) is 23.8 Å². The number of aromatic nitrogens is 2. The van der Waals surface area contributed by atoms with Gasteiger partial charge in [0.2, 0.25) is 0 Å². The summed E-state index contributed by atoms with van der Waals surface area (Å²) in [5, 5.41) is 14.2. The van der Waals surface area contributed by atoms with Gasteiger partial charge in [-0.05, 0) is 36.6 Å². The normalized spacial score (nSPS) is 12.6. The fourth-order valence-electron chi connectivity index (χ4n) is 1.78. The molecule has 3 nitrogen and oxygen atoms in total. The van der Waals surface area contributed by atoms with Gasteiger partial charge in [-0.2, -0.15) is 5.10 Å². The molecule has 0 aliphatic heterocycles. The Labute approximate surface area is 109 Å². The quantitative estimate of drug-likeness (QED) is 0.942. The number of hydrogen-bond donors (Lipinski definition) is 1. The Morgan fingerprint density at radius 3 is 2.59 bits per heavy atom. The monoisotopic (exact) mass is 294 g/mol. The summed E-state index contributed by atoms with van der Waals surface area (Å²) in [6.45, 7) is 0. The third-order valence-corrected chi connectivity index (χ3v) is 3.38. The standard InChI is InChI=1S/C13H15BrN2O/c1-16-12(8-9-15-16)6-7-13(17)10-2-4-11(14)5-3-10/h2-5,8-9,13,17H,6-7H2,1H3. The van der Waals surface area contributed by atoms with Crippen LogP contribution in [-0.2, 0) is 13.5 Å². The first kappa shape index (κ1) is 12.3. The number of hydrogen-bond acceptors (Lipinski definition) is 2. The molecule has 0 bridgehead atoms. The van der Waals surface area contributed by atoms with E-state index in [0.29, 0.717) is 6.42 Å². The summed E-state index contributed by atoms with van der Waals surface area (Å²) >= 11 is 3.38. The second-order valence-electron chi connectivity index (χ2n) is 4.05. The van der Waals surface area contributed by atoms with Crippen LogP contribution in [0, 0.1) is 0 Å². The van der Waals surface area contributed by atoms with Gasteiger partial charge in [0.25, 0.3) is 0 Å². The number of halogens is 1. The Morgan fingerprint density at radius 1 is 1.29 bits per heavy atom. The summed E-state index contributed by atoms with van der Waals surface area (Å²) in [4.78, 5) is 0. The van der Waals surface area contributed by atoms with Gasteiger partial charge in [0.05, 0.1) is 6.10 Å². The largest absolute Gasteiger partial charge is 0.388 e. The van der Waals surface area contributed by atoms with Crippen molar-refractivity contribution in [3.63, 3.8) is 0 Å². The summed E-state index contributed by atoms with van der Waals surface area (Å²) in [6.07, 6.45) is 2.90. The number of benzene rings is 1. The maximum atomic E-state index is 10.1. The highest BCUT2D eigenvalue weighted by Crippen LogP contribution is 2.20. The first-order valence-corrected chi connectivity index (χ1v) is 6.36. The lowest BCUT2D eigenvalue weighted by atomic mass is 10.0. The minimum absolute atomic E-state index is 0.419. The Morgan fingerprint density at radius 2 is 2.00 bits per heavy atom. The zero-order valence-electron chi connectivity index (χ0n) is 9.68. The molecule has 1 aromatic heterocycles. The second kappa shape index (κ2) is 5.47. The summed E-state index contributed by atoms with van der Waals surface area (Å²) in [6, 6.07) is 9.76. The smallest absolute Gasteiger partial charge is 0.0793 e. The molecule has 0 radical (unpaired) electrons. The van der Waals surface area contributed by atoms with E-state index in [2.05, 4.69) is 21.0 Å². The van der Waals surface area contributed by atoms with Gasteiger partial charge in [-0.25, -0.2) is 0 Å². The predicted molar refractivity (Wildman–Crippen MR) is 70.6 cm³/mol. The van der Waals surface area contributed by atoms with Gasteiger partial charge in [-0.3, -0.25) is 4.68 Å². The molecule has 2 rings (SSSR count). The Kier molecular flexibility index (Phi) is 3.97. The van der Waals surface area contributed by atoms with E-state index in [0.717, 1.165) is 22.2 Å². The lowest BCUT2D eigenvalue weighted by Crippen LogP contribution is -2.03. The SMILES string of the molecule is Cn1nccc1CCC(O)c1ccc(Br)cc1. The van der Waals surface area contributed by atoms with Crippen molar-refractivity contribution in [2.24, 2.45) is 7.05 Å². The fourth-order valence-corrected chi connectivity index (χ4v) is 2.05. The minimum atomic E-state index is -0.419. The van der Waals surface area contributed by atoms with Gasteiger partial charge in [0.1, 0.15) is 0 Å². The molecule has 1 N–H and O–H groups in total. The Hall–Kier alpha value is -1.13. The summed E-state index contributed by atoms with van der Waals surface area (Å²) in [5.74, 6) is 0. The molecule has 1 aromatic carbocycles. The van der Waals surface area contributed by atoms with Gasteiger partial charge >= 0.3 is 0 Å². The molecule has 4 heteroatoms. The first-order chi connectivity index (χ1) is 8.16. The summed E-state index contributed by atoms with van der Waals surface area (Å²) in [5.41, 5.74) is 2.09. The van der Waals surface area contributed by atoms with Crippen LogP contribution in [-0.4, -0.2) is 14.9 Å². The topological polar surface area (TPSA) is 38.0 Å². The summed E-state index contributed by atoms with van der Waals surface area (Å²) < 4.78 is 2.87. The van der Waals surface area contributed by atoms with E-state index in [1.54, 1.807) is 6.20 Å². The maximum absolute atomic E-state index is 10.1. The molecule has 0 fully saturated rings. The van der Waals surface area contributed by atoms with E-state index in [1.807, 2.05) is 42.1 Å². The van der Waals surface area contributed by atoms with Crippen LogP contribution >= 0.6 is 15.9 Å². The van der Waals surface area contributed by atoms with E-state index < -0.39 is 6.10 Å². The van der Waals surface area contributed by atoms with Gasteiger partial charge in [-0.15, -0.1) is 0 Å². The van der Waals surface area contributed by atoms with Gasteiger partial charge < -0.3 is 5.11 Å². The molecule has 0 aliphatic carbocycles. The highest BCUT2D eigenvalue weighted by atomic mass is 79.9. The predicted octanol–water partition coefficient (Wildman–Crippen LogP) is 2.85. The molecule has 17 heavy (non-hydrogen) atoms. The molecule has 0 aliphatic rings. The molecule has 2 aromatic rings. The van der Waals surface area contributed by atoms with Crippen molar-refractivity contribution < 1.29 is 5.11 Å². The maximum Gasteiger partial charge on any atom is 0.0793 e. The molecular formula is C13H15BrN2O. The van der Waals surface area contributed by atoms with E-state index >= 15 is 0 Å². The van der Waals surface area contributed by atoms with Crippen molar-refractivity contribution in [3.05, 3.63) is 52.3 Å². The van der Waals surface area contributed by atoms with Crippen LogP contribution in [0.4, 0.5) is 0 Å². The Bertz CT molecular complexity index is 478. The average molecular weight is 295 g/mol. The average Bonchev–Trinajstić information content (AvgIpc) is 2.73. The van der Waals surface area contributed by atoms with E-state index in [4.69, 9.17) is 0 Å². The molecule has 1 atom stereocenters. The van der Waals surface area contributed by atoms with Crippen LogP contribution in [0.5, 0.6) is 0 Å². The third kappa shape index (κ3) is 3.17. The van der Waals surface area contributed by atoms with Crippen molar-refractivity contribution in [1.29, 1.82) is 0 Å². The highest BCUT2D eigenvalue weighted by molar-refractivity contribution is 9.10. The van der Waals surface area contributed by atoms with Crippen molar-refractivity contribution in [2.45, 2.75) is 18.9 Å². The van der Waals surface area contributed by atoms with Crippen molar-refractivity contribution >= 4 is 15.9 Å². The fraction of sp³-hybridized carbons (Fsp3) is 0.308. The molecule has 1 heterocycles. The molecular weight excluding hydrogens is 280 g/mol. The first-order valence-electron chi connectivity index (χ1n) is 5.57. The number of aliphatic hydroxyl groups excluding tert-OH is 1. The van der Waals surface area contributed by atoms with E-state index in [1.165, 1.54) is 0 Å². The molecule has 0 amide bonds. The van der Waals surface area contributed by atoms with Crippen LogP contribution in [0.2, 0.25) is 0 Å². The summed E-state index contributed by atoms with van der Waals surface area (Å²) in [7, 11) is 1.92. The van der Waals surface area contributed by atoms with Crippen LogP contribution in [0.15, 0.2) is 41.0 Å². The van der Waals surface area contributed by atoms with Crippen molar-refractivity contribution in [3.8, 4) is 0 Å². The van der Waals surface area contributed by atoms with Crippen LogP contribution < -0.4 is 0 Å². The minimum Gasteiger partial charge on any atom is -0.388 e. The van der Waals surface area contributed by atoms with Gasteiger partial charge in [0.15, 0.2) is 0 Å². The Balaban J connectivity index is 1.95. The molecule has 0 saturated carbocycles. The third-order valence-electron chi connectivity index (χ3n) is 2.85.